The number of rotatable bonds is 1. The summed E-state index contributed by atoms with van der Waals surface area (Å²) in [6.45, 7) is 7.04. The van der Waals surface area contributed by atoms with Crippen molar-refractivity contribution < 1.29 is 13.2 Å². The largest absolute Gasteiger partial charge is 0.416 e. The second kappa shape index (κ2) is 3.76. The van der Waals surface area contributed by atoms with Crippen LogP contribution in [0.3, 0.4) is 0 Å². The Balaban J connectivity index is 3.18. The van der Waals surface area contributed by atoms with Gasteiger partial charge in [0, 0.05) is 18.9 Å². The molecule has 0 amide bonds. The smallest absolute Gasteiger partial charge is 0.351 e. The van der Waals surface area contributed by atoms with E-state index < -0.39 is 11.7 Å². The highest BCUT2D eigenvalue weighted by Crippen LogP contribution is 2.38. The van der Waals surface area contributed by atoms with Crippen molar-refractivity contribution in [2.24, 2.45) is 5.92 Å². The predicted octanol–water partition coefficient (Wildman–Crippen LogP) is 3.47. The number of hydrogen-bond donors (Lipinski definition) is 0. The van der Waals surface area contributed by atoms with Crippen LogP contribution in [0.1, 0.15) is 13.8 Å². The Labute approximate surface area is 87.6 Å². The second-order valence-corrected chi connectivity index (χ2v) is 3.90. The number of alkyl halides is 3. The molecule has 1 rings (SSSR count). The Bertz CT molecular complexity index is 334. The molecular weight excluding hydrogens is 203 g/mol. The van der Waals surface area contributed by atoms with Crippen LogP contribution in [0.15, 0.2) is 35.7 Å². The fourth-order valence-electron chi connectivity index (χ4n) is 1.42. The maximum atomic E-state index is 12.7. The molecule has 0 N–H and O–H groups in total. The second-order valence-electron chi connectivity index (χ2n) is 3.90. The van der Waals surface area contributed by atoms with E-state index in [-0.39, 0.29) is 5.92 Å². The first-order valence-corrected chi connectivity index (χ1v) is 4.66. The van der Waals surface area contributed by atoms with E-state index in [2.05, 4.69) is 6.58 Å². The number of allylic oxidation sites excluding steroid dienone is 3. The predicted molar refractivity (Wildman–Crippen MR) is 54.0 cm³/mol. The molecule has 0 atom stereocenters. The molecule has 4 heteroatoms. The minimum atomic E-state index is -4.31. The molecule has 0 saturated carbocycles. The standard InChI is InChI=1S/C11H14F3N/c1-7(2)9-6-15(4)8(3)5-10(9)11(12,13)14/h5-7H,3H2,1-2,4H3. The van der Waals surface area contributed by atoms with Crippen molar-refractivity contribution in [3.05, 3.63) is 35.7 Å². The van der Waals surface area contributed by atoms with Gasteiger partial charge in [0.1, 0.15) is 0 Å². The van der Waals surface area contributed by atoms with Gasteiger partial charge in [-0.25, -0.2) is 0 Å². The van der Waals surface area contributed by atoms with Gasteiger partial charge in [-0.3, -0.25) is 0 Å². The molecule has 0 fully saturated rings. The summed E-state index contributed by atoms with van der Waals surface area (Å²) in [7, 11) is 1.69. The number of halogens is 3. The summed E-state index contributed by atoms with van der Waals surface area (Å²) in [4.78, 5) is 1.60. The molecule has 0 aromatic rings. The van der Waals surface area contributed by atoms with E-state index in [1.807, 2.05) is 0 Å². The highest BCUT2D eigenvalue weighted by molar-refractivity contribution is 5.44. The normalized spacial score (nSPS) is 18.1. The lowest BCUT2D eigenvalue weighted by molar-refractivity contribution is -0.0904. The van der Waals surface area contributed by atoms with Crippen LogP contribution >= 0.6 is 0 Å². The Hall–Kier alpha value is -1.19. The number of nitrogens with zero attached hydrogens (tertiary/aromatic N) is 1. The quantitative estimate of drug-likeness (QED) is 0.650. The third-order valence-electron chi connectivity index (χ3n) is 2.34. The molecule has 1 aliphatic rings. The maximum absolute atomic E-state index is 12.7. The van der Waals surface area contributed by atoms with Gasteiger partial charge >= 0.3 is 6.18 Å². The molecule has 0 bridgehead atoms. The molecule has 0 aromatic heterocycles. The molecule has 0 aliphatic carbocycles. The van der Waals surface area contributed by atoms with Gasteiger partial charge in [0.2, 0.25) is 0 Å². The van der Waals surface area contributed by atoms with Crippen LogP contribution in [0.2, 0.25) is 0 Å². The Morgan fingerprint density at radius 2 is 1.87 bits per heavy atom. The summed E-state index contributed by atoms with van der Waals surface area (Å²) in [5, 5.41) is 0. The van der Waals surface area contributed by atoms with Crippen LogP contribution in [0, 0.1) is 5.92 Å². The van der Waals surface area contributed by atoms with Crippen molar-refractivity contribution in [3.63, 3.8) is 0 Å². The van der Waals surface area contributed by atoms with Crippen molar-refractivity contribution in [1.82, 2.24) is 4.90 Å². The molecule has 15 heavy (non-hydrogen) atoms. The van der Waals surface area contributed by atoms with E-state index >= 15 is 0 Å². The van der Waals surface area contributed by atoms with Gasteiger partial charge in [-0.2, -0.15) is 13.2 Å². The summed E-state index contributed by atoms with van der Waals surface area (Å²) in [6.07, 6.45) is -1.72. The van der Waals surface area contributed by atoms with E-state index in [1.165, 1.54) is 6.20 Å². The summed E-state index contributed by atoms with van der Waals surface area (Å²) < 4.78 is 38.1. The zero-order valence-electron chi connectivity index (χ0n) is 9.02. The molecular formula is C11H14F3N. The van der Waals surface area contributed by atoms with Gasteiger partial charge in [-0.1, -0.05) is 20.4 Å². The number of likely N-dealkylation sites (N-methyl/N-ethyl adjacent to an activating group) is 1. The van der Waals surface area contributed by atoms with Crippen molar-refractivity contribution >= 4 is 0 Å². The van der Waals surface area contributed by atoms with Gasteiger partial charge in [-0.15, -0.1) is 0 Å². The van der Waals surface area contributed by atoms with E-state index in [4.69, 9.17) is 0 Å². The van der Waals surface area contributed by atoms with Crippen molar-refractivity contribution in [2.75, 3.05) is 7.05 Å². The molecule has 0 saturated heterocycles. The van der Waals surface area contributed by atoms with E-state index in [1.54, 1.807) is 25.8 Å². The Kier molecular flexibility index (Phi) is 2.98. The van der Waals surface area contributed by atoms with Gasteiger partial charge in [0.15, 0.2) is 0 Å². The van der Waals surface area contributed by atoms with Gasteiger partial charge < -0.3 is 4.90 Å². The Morgan fingerprint density at radius 1 is 1.33 bits per heavy atom. The molecule has 1 heterocycles. The molecule has 84 valence electrons. The fraction of sp³-hybridized carbons (Fsp3) is 0.455. The van der Waals surface area contributed by atoms with E-state index in [0.29, 0.717) is 11.3 Å². The highest BCUT2D eigenvalue weighted by atomic mass is 19.4. The first kappa shape index (κ1) is 11.9. The SMILES string of the molecule is C=C1C=C(C(F)(F)F)C(C(C)C)=CN1C. The molecule has 0 spiro atoms. The summed E-state index contributed by atoms with van der Waals surface area (Å²) in [6, 6.07) is 0. The Morgan fingerprint density at radius 3 is 2.27 bits per heavy atom. The summed E-state index contributed by atoms with van der Waals surface area (Å²) in [5.74, 6) is -0.159. The lowest BCUT2D eigenvalue weighted by Gasteiger charge is -2.28. The average Bonchev–Trinajstić information content (AvgIpc) is 2.06. The minimum absolute atomic E-state index is 0.159. The van der Waals surface area contributed by atoms with Gasteiger partial charge in [0.05, 0.1) is 5.57 Å². The molecule has 0 radical (unpaired) electrons. The zero-order chi connectivity index (χ0) is 11.8. The highest BCUT2D eigenvalue weighted by Gasteiger charge is 2.38. The van der Waals surface area contributed by atoms with Crippen LogP contribution in [-0.2, 0) is 0 Å². The zero-order valence-corrected chi connectivity index (χ0v) is 9.02. The summed E-state index contributed by atoms with van der Waals surface area (Å²) in [5.41, 5.74) is 0.0738. The molecule has 0 unspecified atom stereocenters. The van der Waals surface area contributed by atoms with Crippen LogP contribution in [-0.4, -0.2) is 18.1 Å². The van der Waals surface area contributed by atoms with Crippen LogP contribution in [0.25, 0.3) is 0 Å². The van der Waals surface area contributed by atoms with Crippen molar-refractivity contribution in [1.29, 1.82) is 0 Å². The van der Waals surface area contributed by atoms with Gasteiger partial charge in [-0.05, 0) is 17.6 Å². The molecule has 1 nitrogen and oxygen atoms in total. The fourth-order valence-corrected chi connectivity index (χ4v) is 1.42. The third kappa shape index (κ3) is 2.43. The topological polar surface area (TPSA) is 3.24 Å². The minimum Gasteiger partial charge on any atom is -0.351 e. The lowest BCUT2D eigenvalue weighted by Crippen LogP contribution is -2.24. The molecule has 0 aromatic carbocycles. The lowest BCUT2D eigenvalue weighted by atomic mass is 9.92. The average molecular weight is 217 g/mol. The maximum Gasteiger partial charge on any atom is 0.416 e. The first-order valence-electron chi connectivity index (χ1n) is 4.66. The number of hydrogen-bond acceptors (Lipinski definition) is 1. The molecule has 1 aliphatic heterocycles. The van der Waals surface area contributed by atoms with Crippen molar-refractivity contribution in [3.8, 4) is 0 Å². The van der Waals surface area contributed by atoms with E-state index in [9.17, 15) is 13.2 Å². The third-order valence-corrected chi connectivity index (χ3v) is 2.34. The van der Waals surface area contributed by atoms with Crippen LogP contribution in [0.5, 0.6) is 0 Å². The van der Waals surface area contributed by atoms with Crippen LogP contribution < -0.4 is 0 Å². The van der Waals surface area contributed by atoms with Crippen LogP contribution in [0.4, 0.5) is 13.2 Å². The van der Waals surface area contributed by atoms with E-state index in [0.717, 1.165) is 6.08 Å². The van der Waals surface area contributed by atoms with Crippen molar-refractivity contribution in [2.45, 2.75) is 20.0 Å². The summed E-state index contributed by atoms with van der Waals surface area (Å²) >= 11 is 0. The first-order chi connectivity index (χ1) is 6.73. The van der Waals surface area contributed by atoms with Gasteiger partial charge in [0.25, 0.3) is 0 Å². The monoisotopic (exact) mass is 217 g/mol.